The summed E-state index contributed by atoms with van der Waals surface area (Å²) in [6, 6.07) is 6.23. The van der Waals surface area contributed by atoms with Gasteiger partial charge in [0.1, 0.15) is 5.82 Å². The zero-order chi connectivity index (χ0) is 11.9. The van der Waals surface area contributed by atoms with E-state index in [1.807, 2.05) is 6.07 Å². The Kier molecular flexibility index (Phi) is 2.70. The van der Waals surface area contributed by atoms with Crippen molar-refractivity contribution >= 4 is 0 Å². The highest BCUT2D eigenvalue weighted by Crippen LogP contribution is 2.52. The molecule has 1 N–H and O–H groups in total. The minimum atomic E-state index is -0.0321. The molecule has 17 heavy (non-hydrogen) atoms. The minimum absolute atomic E-state index is 0.0321. The van der Waals surface area contributed by atoms with Crippen LogP contribution in [0.4, 0.5) is 4.39 Å². The molecule has 0 atom stereocenters. The lowest BCUT2D eigenvalue weighted by Crippen LogP contribution is -2.20. The molecular weight excluding hydrogens is 213 g/mol. The van der Waals surface area contributed by atoms with Crippen LogP contribution in [-0.4, -0.2) is 6.04 Å². The molecule has 1 aromatic carbocycles. The molecule has 2 aliphatic rings. The van der Waals surface area contributed by atoms with E-state index in [0.29, 0.717) is 18.0 Å². The number of nitrogens with one attached hydrogen (secondary N) is 1. The fourth-order valence-electron chi connectivity index (χ4n) is 2.73. The molecule has 0 radical (unpaired) electrons. The minimum Gasteiger partial charge on any atom is -0.310 e. The molecule has 0 heterocycles. The smallest absolute Gasteiger partial charge is 0.127 e. The molecule has 2 heteroatoms. The van der Waals surface area contributed by atoms with Crippen molar-refractivity contribution in [2.75, 3.05) is 0 Å². The molecule has 0 unspecified atom stereocenters. The molecule has 1 nitrogen and oxygen atoms in total. The van der Waals surface area contributed by atoms with Crippen molar-refractivity contribution in [3.8, 4) is 0 Å². The first-order valence-corrected chi connectivity index (χ1v) is 6.76. The van der Waals surface area contributed by atoms with Crippen molar-refractivity contribution in [2.24, 2.45) is 0 Å². The zero-order valence-electron chi connectivity index (χ0n) is 10.4. The van der Waals surface area contributed by atoms with Gasteiger partial charge in [-0.25, -0.2) is 4.39 Å². The molecule has 2 saturated carbocycles. The van der Waals surface area contributed by atoms with Gasteiger partial charge in [0.2, 0.25) is 0 Å². The molecule has 0 saturated heterocycles. The van der Waals surface area contributed by atoms with Crippen LogP contribution in [0.25, 0.3) is 0 Å². The lowest BCUT2D eigenvalue weighted by Gasteiger charge is -2.19. The molecule has 0 amide bonds. The van der Waals surface area contributed by atoms with Crippen LogP contribution in [0.1, 0.15) is 50.2 Å². The van der Waals surface area contributed by atoms with Crippen LogP contribution in [0.2, 0.25) is 0 Å². The van der Waals surface area contributed by atoms with Gasteiger partial charge in [0, 0.05) is 18.2 Å². The standard InChI is InChI=1S/C15H20FN/c1-2-15(8-9-15)13-4-3-5-14(16)12(13)10-17-11-6-7-11/h3-5,11,17H,2,6-10H2,1H3. The number of halogens is 1. The predicted molar refractivity (Wildman–Crippen MR) is 67.5 cm³/mol. The van der Waals surface area contributed by atoms with Crippen molar-refractivity contribution in [2.45, 2.75) is 57.0 Å². The van der Waals surface area contributed by atoms with Crippen LogP contribution in [0.3, 0.4) is 0 Å². The predicted octanol–water partition coefficient (Wildman–Crippen LogP) is 3.52. The van der Waals surface area contributed by atoms with Gasteiger partial charge in [-0.05, 0) is 49.1 Å². The zero-order valence-corrected chi connectivity index (χ0v) is 10.4. The van der Waals surface area contributed by atoms with Gasteiger partial charge in [0.25, 0.3) is 0 Å². The fourth-order valence-corrected chi connectivity index (χ4v) is 2.73. The summed E-state index contributed by atoms with van der Waals surface area (Å²) >= 11 is 0. The lowest BCUT2D eigenvalue weighted by molar-refractivity contribution is 0.564. The second kappa shape index (κ2) is 4.09. The second-order valence-electron chi connectivity index (χ2n) is 5.56. The Morgan fingerprint density at radius 1 is 1.35 bits per heavy atom. The Balaban J connectivity index is 1.87. The Hall–Kier alpha value is -0.890. The van der Waals surface area contributed by atoms with Crippen LogP contribution in [0, 0.1) is 5.82 Å². The molecule has 2 fully saturated rings. The monoisotopic (exact) mass is 233 g/mol. The summed E-state index contributed by atoms with van der Waals surface area (Å²) in [7, 11) is 0. The first kappa shape index (κ1) is 11.2. The number of hydrogen-bond acceptors (Lipinski definition) is 1. The van der Waals surface area contributed by atoms with E-state index in [0.717, 1.165) is 12.0 Å². The summed E-state index contributed by atoms with van der Waals surface area (Å²) in [6.45, 7) is 2.92. The van der Waals surface area contributed by atoms with Crippen LogP contribution in [-0.2, 0) is 12.0 Å². The third-order valence-corrected chi connectivity index (χ3v) is 4.37. The normalized spacial score (nSPS) is 21.5. The maximum absolute atomic E-state index is 14.0. The summed E-state index contributed by atoms with van der Waals surface area (Å²) in [5.74, 6) is -0.0321. The Morgan fingerprint density at radius 2 is 2.12 bits per heavy atom. The van der Waals surface area contributed by atoms with Gasteiger partial charge in [0.15, 0.2) is 0 Å². The Bertz CT molecular complexity index is 419. The quantitative estimate of drug-likeness (QED) is 0.820. The molecule has 0 bridgehead atoms. The van der Waals surface area contributed by atoms with Gasteiger partial charge in [-0.15, -0.1) is 0 Å². The van der Waals surface area contributed by atoms with Gasteiger partial charge < -0.3 is 5.32 Å². The lowest BCUT2D eigenvalue weighted by atomic mass is 9.89. The maximum atomic E-state index is 14.0. The third-order valence-electron chi connectivity index (χ3n) is 4.37. The van der Waals surface area contributed by atoms with E-state index in [1.165, 1.54) is 31.2 Å². The topological polar surface area (TPSA) is 12.0 Å². The van der Waals surface area contributed by atoms with E-state index in [-0.39, 0.29) is 5.82 Å². The Morgan fingerprint density at radius 3 is 2.71 bits per heavy atom. The van der Waals surface area contributed by atoms with Crippen LogP contribution >= 0.6 is 0 Å². The fraction of sp³-hybridized carbons (Fsp3) is 0.600. The second-order valence-corrected chi connectivity index (χ2v) is 5.56. The van der Waals surface area contributed by atoms with Crippen molar-refractivity contribution < 1.29 is 4.39 Å². The highest BCUT2D eigenvalue weighted by molar-refractivity contribution is 5.39. The van der Waals surface area contributed by atoms with E-state index in [9.17, 15) is 4.39 Å². The van der Waals surface area contributed by atoms with Gasteiger partial charge in [-0.2, -0.15) is 0 Å². The maximum Gasteiger partial charge on any atom is 0.127 e. The highest BCUT2D eigenvalue weighted by atomic mass is 19.1. The number of hydrogen-bond donors (Lipinski definition) is 1. The average Bonchev–Trinajstić information content (AvgIpc) is 3.22. The summed E-state index contributed by atoms with van der Waals surface area (Å²) in [6.07, 6.45) is 6.09. The van der Waals surface area contributed by atoms with E-state index >= 15 is 0 Å². The average molecular weight is 233 g/mol. The molecule has 0 aliphatic heterocycles. The number of benzene rings is 1. The van der Waals surface area contributed by atoms with Gasteiger partial charge in [-0.1, -0.05) is 19.1 Å². The van der Waals surface area contributed by atoms with E-state index in [4.69, 9.17) is 0 Å². The summed E-state index contributed by atoms with van der Waals surface area (Å²) in [4.78, 5) is 0. The van der Waals surface area contributed by atoms with Gasteiger partial charge in [0.05, 0.1) is 0 Å². The Labute approximate surface area is 102 Å². The SMILES string of the molecule is CCC1(c2cccc(F)c2CNC2CC2)CC1. The highest BCUT2D eigenvalue weighted by Gasteiger charge is 2.44. The molecule has 3 rings (SSSR count). The van der Waals surface area contributed by atoms with Crippen molar-refractivity contribution in [1.29, 1.82) is 0 Å². The first-order chi connectivity index (χ1) is 8.25. The van der Waals surface area contributed by atoms with E-state index < -0.39 is 0 Å². The molecule has 0 spiro atoms. The van der Waals surface area contributed by atoms with E-state index in [2.05, 4.69) is 18.3 Å². The molecule has 2 aliphatic carbocycles. The van der Waals surface area contributed by atoms with Crippen molar-refractivity contribution in [3.05, 3.63) is 35.1 Å². The van der Waals surface area contributed by atoms with Crippen LogP contribution in [0.15, 0.2) is 18.2 Å². The molecule has 0 aromatic heterocycles. The largest absolute Gasteiger partial charge is 0.310 e. The number of rotatable bonds is 5. The molecular formula is C15H20FN. The third kappa shape index (κ3) is 2.11. The molecule has 1 aromatic rings. The summed E-state index contributed by atoms with van der Waals surface area (Å²) < 4.78 is 14.0. The van der Waals surface area contributed by atoms with E-state index in [1.54, 1.807) is 6.07 Å². The summed E-state index contributed by atoms with van der Waals surface area (Å²) in [5, 5.41) is 3.44. The first-order valence-electron chi connectivity index (χ1n) is 6.76. The van der Waals surface area contributed by atoms with Gasteiger partial charge >= 0.3 is 0 Å². The van der Waals surface area contributed by atoms with Gasteiger partial charge in [-0.3, -0.25) is 0 Å². The van der Waals surface area contributed by atoms with Crippen LogP contribution in [0.5, 0.6) is 0 Å². The van der Waals surface area contributed by atoms with Crippen molar-refractivity contribution in [3.63, 3.8) is 0 Å². The summed E-state index contributed by atoms with van der Waals surface area (Å²) in [5.41, 5.74) is 2.47. The van der Waals surface area contributed by atoms with Crippen molar-refractivity contribution in [1.82, 2.24) is 5.32 Å². The molecule has 92 valence electrons. The van der Waals surface area contributed by atoms with Crippen LogP contribution < -0.4 is 5.32 Å².